The van der Waals surface area contributed by atoms with E-state index in [9.17, 15) is 0 Å². The fourth-order valence-electron chi connectivity index (χ4n) is 2.15. The lowest BCUT2D eigenvalue weighted by Crippen LogP contribution is -2.13. The van der Waals surface area contributed by atoms with E-state index in [-0.39, 0.29) is 0 Å². The van der Waals surface area contributed by atoms with Crippen LogP contribution in [0.5, 0.6) is 0 Å². The molecule has 0 fully saturated rings. The maximum Gasteiger partial charge on any atom is 0.153 e. The van der Waals surface area contributed by atoms with E-state index in [1.165, 1.54) is 5.56 Å². The minimum absolute atomic E-state index is 0.408. The van der Waals surface area contributed by atoms with Gasteiger partial charge in [-0.3, -0.25) is 0 Å². The van der Waals surface area contributed by atoms with Gasteiger partial charge in [-0.05, 0) is 42.1 Å². The molecule has 4 nitrogen and oxygen atoms in total. The summed E-state index contributed by atoms with van der Waals surface area (Å²) in [7, 11) is 0. The predicted molar refractivity (Wildman–Crippen MR) is 86.9 cm³/mol. The van der Waals surface area contributed by atoms with E-state index in [4.69, 9.17) is 4.98 Å². The molecule has 0 saturated carbocycles. The molecule has 0 spiro atoms. The average molecular weight is 286 g/mol. The Hall–Kier alpha value is -1.68. The van der Waals surface area contributed by atoms with Crippen LogP contribution in [0, 0.1) is 0 Å². The number of aromatic nitrogens is 3. The van der Waals surface area contributed by atoms with Crippen molar-refractivity contribution in [3.05, 3.63) is 41.3 Å². The summed E-state index contributed by atoms with van der Waals surface area (Å²) in [6, 6.07) is 6.37. The largest absolute Gasteiger partial charge is 0.313 e. The lowest BCUT2D eigenvalue weighted by molar-refractivity contribution is 0.710. The Morgan fingerprint density at radius 2 is 1.81 bits per heavy atom. The van der Waals surface area contributed by atoms with E-state index in [0.717, 1.165) is 30.3 Å². The third-order valence-corrected chi connectivity index (χ3v) is 3.50. The van der Waals surface area contributed by atoms with Gasteiger partial charge in [0.1, 0.15) is 0 Å². The Morgan fingerprint density at radius 3 is 2.38 bits per heavy atom. The van der Waals surface area contributed by atoms with Crippen molar-refractivity contribution in [3.8, 4) is 5.82 Å². The van der Waals surface area contributed by atoms with Crippen molar-refractivity contribution in [1.29, 1.82) is 0 Å². The first-order chi connectivity index (χ1) is 10.0. The first-order valence-corrected chi connectivity index (χ1v) is 7.78. The van der Waals surface area contributed by atoms with Crippen LogP contribution < -0.4 is 5.32 Å². The van der Waals surface area contributed by atoms with Crippen molar-refractivity contribution < 1.29 is 0 Å². The molecule has 0 atom stereocenters. The molecule has 0 aliphatic rings. The molecule has 2 heterocycles. The second kappa shape index (κ2) is 6.85. The summed E-state index contributed by atoms with van der Waals surface area (Å²) in [6.45, 7) is 12.6. The molecule has 0 saturated heterocycles. The summed E-state index contributed by atoms with van der Waals surface area (Å²) >= 11 is 0. The zero-order valence-electron chi connectivity index (χ0n) is 13.7. The fraction of sp³-hybridized carbons (Fsp3) is 0.529. The highest BCUT2D eigenvalue weighted by molar-refractivity contribution is 5.32. The Bertz CT molecular complexity index is 584. The zero-order chi connectivity index (χ0) is 15.4. The molecule has 1 N–H and O–H groups in total. The molecule has 0 amide bonds. The summed E-state index contributed by atoms with van der Waals surface area (Å²) in [5.74, 6) is 1.74. The lowest BCUT2D eigenvalue weighted by Gasteiger charge is -2.11. The van der Waals surface area contributed by atoms with Crippen LogP contribution in [-0.4, -0.2) is 21.3 Å². The highest BCUT2D eigenvalue weighted by atomic mass is 15.3. The van der Waals surface area contributed by atoms with Gasteiger partial charge in [0.25, 0.3) is 0 Å². The molecule has 2 aromatic heterocycles. The summed E-state index contributed by atoms with van der Waals surface area (Å²) in [5, 5.41) is 8.01. The molecule has 2 aromatic rings. The number of hydrogen-bond donors (Lipinski definition) is 1. The van der Waals surface area contributed by atoms with Crippen LogP contribution in [0.2, 0.25) is 0 Å². The van der Waals surface area contributed by atoms with Gasteiger partial charge in [-0.25, -0.2) is 9.67 Å². The molecule has 0 aromatic carbocycles. The van der Waals surface area contributed by atoms with E-state index < -0.39 is 0 Å². The highest BCUT2D eigenvalue weighted by Gasteiger charge is 2.10. The van der Waals surface area contributed by atoms with E-state index in [0.29, 0.717) is 11.8 Å². The molecule has 114 valence electrons. The maximum atomic E-state index is 4.76. The second-order valence-electron chi connectivity index (χ2n) is 6.03. The van der Waals surface area contributed by atoms with Gasteiger partial charge in [0.2, 0.25) is 0 Å². The minimum Gasteiger partial charge on any atom is -0.313 e. The van der Waals surface area contributed by atoms with Crippen LogP contribution in [0.1, 0.15) is 63.4 Å². The van der Waals surface area contributed by atoms with Crippen molar-refractivity contribution in [2.45, 2.75) is 53.0 Å². The third-order valence-electron chi connectivity index (χ3n) is 3.50. The number of nitrogens with one attached hydrogen (secondary N) is 1. The van der Waals surface area contributed by atoms with Gasteiger partial charge < -0.3 is 5.32 Å². The standard InChI is InChI=1S/C17H26N4/c1-6-18-11-14-9-16(13(4)5)19-17(10-14)21-8-7-15(20-21)12(2)3/h7-10,12-13,18H,6,11H2,1-5H3. The molecule has 0 bridgehead atoms. The summed E-state index contributed by atoms with van der Waals surface area (Å²) < 4.78 is 1.89. The van der Waals surface area contributed by atoms with Gasteiger partial charge in [-0.15, -0.1) is 0 Å². The molecular formula is C17H26N4. The summed E-state index contributed by atoms with van der Waals surface area (Å²) in [5.41, 5.74) is 3.47. The molecule has 4 heteroatoms. The van der Waals surface area contributed by atoms with Crippen molar-refractivity contribution in [2.24, 2.45) is 0 Å². The fourth-order valence-corrected chi connectivity index (χ4v) is 2.15. The van der Waals surface area contributed by atoms with Gasteiger partial charge in [0.15, 0.2) is 5.82 Å². The lowest BCUT2D eigenvalue weighted by atomic mass is 10.1. The van der Waals surface area contributed by atoms with E-state index in [1.807, 2.05) is 10.9 Å². The van der Waals surface area contributed by atoms with E-state index in [1.54, 1.807) is 0 Å². The van der Waals surface area contributed by atoms with Crippen LogP contribution in [0.15, 0.2) is 24.4 Å². The zero-order valence-corrected chi connectivity index (χ0v) is 13.7. The molecule has 0 unspecified atom stereocenters. The molecule has 21 heavy (non-hydrogen) atoms. The maximum absolute atomic E-state index is 4.76. The third kappa shape index (κ3) is 3.91. The van der Waals surface area contributed by atoms with Crippen LogP contribution in [0.3, 0.4) is 0 Å². The average Bonchev–Trinajstić information content (AvgIpc) is 2.94. The van der Waals surface area contributed by atoms with Crippen LogP contribution >= 0.6 is 0 Å². The minimum atomic E-state index is 0.408. The van der Waals surface area contributed by atoms with Crippen LogP contribution in [-0.2, 0) is 6.54 Å². The first-order valence-electron chi connectivity index (χ1n) is 7.78. The van der Waals surface area contributed by atoms with Crippen molar-refractivity contribution in [3.63, 3.8) is 0 Å². The van der Waals surface area contributed by atoms with Gasteiger partial charge in [-0.2, -0.15) is 5.10 Å². The topological polar surface area (TPSA) is 42.7 Å². The normalized spacial score (nSPS) is 11.6. The second-order valence-corrected chi connectivity index (χ2v) is 6.03. The van der Waals surface area contributed by atoms with Crippen molar-refractivity contribution in [1.82, 2.24) is 20.1 Å². The monoisotopic (exact) mass is 286 g/mol. The summed E-state index contributed by atoms with van der Waals surface area (Å²) in [4.78, 5) is 4.76. The van der Waals surface area contributed by atoms with Gasteiger partial charge >= 0.3 is 0 Å². The Labute approximate surface area is 127 Å². The number of rotatable bonds is 6. The van der Waals surface area contributed by atoms with E-state index >= 15 is 0 Å². The van der Waals surface area contributed by atoms with Gasteiger partial charge in [0, 0.05) is 18.4 Å². The highest BCUT2D eigenvalue weighted by Crippen LogP contribution is 2.18. The van der Waals surface area contributed by atoms with Crippen LogP contribution in [0.25, 0.3) is 5.82 Å². The Kier molecular flexibility index (Phi) is 5.12. The molecule has 2 rings (SSSR count). The Balaban J connectivity index is 2.38. The smallest absolute Gasteiger partial charge is 0.153 e. The SMILES string of the molecule is CCNCc1cc(C(C)C)nc(-n2ccc(C(C)C)n2)c1. The molecular weight excluding hydrogens is 260 g/mol. The summed E-state index contributed by atoms with van der Waals surface area (Å²) in [6.07, 6.45) is 2.00. The first kappa shape index (κ1) is 15.7. The quantitative estimate of drug-likeness (QED) is 0.882. The predicted octanol–water partition coefficient (Wildman–Crippen LogP) is 3.62. The van der Waals surface area contributed by atoms with Gasteiger partial charge in [-0.1, -0.05) is 34.6 Å². The number of pyridine rings is 1. The molecule has 0 aliphatic heterocycles. The number of nitrogens with zero attached hydrogens (tertiary/aromatic N) is 3. The molecule has 0 aliphatic carbocycles. The molecule has 0 radical (unpaired) electrons. The van der Waals surface area contributed by atoms with Crippen LogP contribution in [0.4, 0.5) is 0 Å². The van der Waals surface area contributed by atoms with Crippen molar-refractivity contribution in [2.75, 3.05) is 6.54 Å². The Morgan fingerprint density at radius 1 is 1.10 bits per heavy atom. The number of hydrogen-bond acceptors (Lipinski definition) is 3. The van der Waals surface area contributed by atoms with Crippen molar-refractivity contribution >= 4 is 0 Å². The van der Waals surface area contributed by atoms with E-state index in [2.05, 4.69) is 63.2 Å². The van der Waals surface area contributed by atoms with Gasteiger partial charge in [0.05, 0.1) is 5.69 Å².